The first-order chi connectivity index (χ1) is 7.77. The number of Topliss-reactive ketones (excluding diaryl/α,β-unsaturated/α-hetero) is 1. The summed E-state index contributed by atoms with van der Waals surface area (Å²) in [4.78, 5) is 12.0. The van der Waals surface area contributed by atoms with Gasteiger partial charge in [-0.15, -0.1) is 0 Å². The topological polar surface area (TPSA) is 17.1 Å². The molecule has 96 valence electrons. The van der Waals surface area contributed by atoms with E-state index in [9.17, 15) is 4.79 Å². The van der Waals surface area contributed by atoms with Crippen LogP contribution in [0.4, 0.5) is 0 Å². The largest absolute Gasteiger partial charge is 0.299 e. The molecule has 0 aromatic rings. The van der Waals surface area contributed by atoms with Crippen LogP contribution in [0.15, 0.2) is 11.1 Å². The van der Waals surface area contributed by atoms with Gasteiger partial charge in [-0.3, -0.25) is 4.79 Å². The zero-order valence-electron chi connectivity index (χ0n) is 12.0. The van der Waals surface area contributed by atoms with Crippen LogP contribution in [0.5, 0.6) is 0 Å². The normalized spacial score (nSPS) is 36.6. The van der Waals surface area contributed by atoms with Crippen LogP contribution >= 0.6 is 0 Å². The van der Waals surface area contributed by atoms with Crippen molar-refractivity contribution in [1.29, 1.82) is 0 Å². The molecular formula is C16H26O. The molecule has 0 saturated carbocycles. The van der Waals surface area contributed by atoms with Crippen LogP contribution in [0.3, 0.4) is 0 Å². The molecule has 0 bridgehead atoms. The van der Waals surface area contributed by atoms with Crippen LogP contribution in [0.2, 0.25) is 0 Å². The summed E-state index contributed by atoms with van der Waals surface area (Å²) >= 11 is 0. The Balaban J connectivity index is 2.40. The summed E-state index contributed by atoms with van der Waals surface area (Å²) in [5.41, 5.74) is 3.49. The van der Waals surface area contributed by atoms with Crippen molar-refractivity contribution in [2.45, 2.75) is 66.7 Å². The maximum atomic E-state index is 12.0. The minimum Gasteiger partial charge on any atom is -0.299 e. The number of allylic oxidation sites excluding steroid dienone is 2. The van der Waals surface area contributed by atoms with E-state index >= 15 is 0 Å². The van der Waals surface area contributed by atoms with Crippen molar-refractivity contribution in [2.24, 2.45) is 16.7 Å². The molecule has 0 spiro atoms. The van der Waals surface area contributed by atoms with Gasteiger partial charge in [-0.25, -0.2) is 0 Å². The maximum absolute atomic E-state index is 12.0. The lowest BCUT2D eigenvalue weighted by Gasteiger charge is -2.47. The fourth-order valence-electron chi connectivity index (χ4n) is 3.72. The van der Waals surface area contributed by atoms with E-state index in [0.29, 0.717) is 17.1 Å². The van der Waals surface area contributed by atoms with Crippen LogP contribution in [-0.2, 0) is 4.79 Å². The molecule has 1 heteroatoms. The van der Waals surface area contributed by atoms with Crippen molar-refractivity contribution in [3.63, 3.8) is 0 Å². The first-order valence-electron chi connectivity index (χ1n) is 7.00. The van der Waals surface area contributed by atoms with Crippen molar-refractivity contribution in [1.82, 2.24) is 0 Å². The minimum absolute atomic E-state index is 0.118. The van der Waals surface area contributed by atoms with Gasteiger partial charge >= 0.3 is 0 Å². The Morgan fingerprint density at radius 3 is 2.53 bits per heavy atom. The highest BCUT2D eigenvalue weighted by atomic mass is 16.1. The Bertz CT molecular complexity index is 375. The van der Waals surface area contributed by atoms with E-state index in [1.165, 1.54) is 19.3 Å². The highest BCUT2D eigenvalue weighted by Crippen LogP contribution is 2.53. The molecule has 1 nitrogen and oxygen atoms in total. The van der Waals surface area contributed by atoms with E-state index in [-0.39, 0.29) is 5.41 Å². The molecule has 2 rings (SSSR count). The lowest BCUT2D eigenvalue weighted by atomic mass is 9.57. The van der Waals surface area contributed by atoms with Gasteiger partial charge in [-0.2, -0.15) is 0 Å². The third-order valence-electron chi connectivity index (χ3n) is 5.51. The van der Waals surface area contributed by atoms with Gasteiger partial charge in [0.25, 0.3) is 0 Å². The van der Waals surface area contributed by atoms with Crippen LogP contribution in [0, 0.1) is 16.7 Å². The van der Waals surface area contributed by atoms with Gasteiger partial charge in [0, 0.05) is 5.41 Å². The molecule has 17 heavy (non-hydrogen) atoms. The number of carbonyl (C=O) groups is 1. The lowest BCUT2D eigenvalue weighted by Crippen LogP contribution is -2.40. The average Bonchev–Trinajstić information content (AvgIpc) is 2.21. The van der Waals surface area contributed by atoms with Crippen molar-refractivity contribution < 1.29 is 4.79 Å². The van der Waals surface area contributed by atoms with Crippen LogP contribution in [0.25, 0.3) is 0 Å². The Morgan fingerprint density at radius 2 is 1.94 bits per heavy atom. The molecule has 0 unspecified atom stereocenters. The third kappa shape index (κ3) is 1.98. The van der Waals surface area contributed by atoms with E-state index in [2.05, 4.69) is 27.7 Å². The summed E-state index contributed by atoms with van der Waals surface area (Å²) in [5, 5.41) is 0. The Morgan fingerprint density at radius 1 is 1.29 bits per heavy atom. The van der Waals surface area contributed by atoms with Gasteiger partial charge in [0.15, 0.2) is 0 Å². The Hall–Kier alpha value is -0.590. The quantitative estimate of drug-likeness (QED) is 0.610. The van der Waals surface area contributed by atoms with Crippen molar-refractivity contribution >= 4 is 5.78 Å². The molecule has 2 aliphatic rings. The fourth-order valence-corrected chi connectivity index (χ4v) is 3.72. The van der Waals surface area contributed by atoms with Crippen molar-refractivity contribution in [2.75, 3.05) is 0 Å². The van der Waals surface area contributed by atoms with Crippen molar-refractivity contribution in [3.8, 4) is 0 Å². The van der Waals surface area contributed by atoms with Crippen LogP contribution in [-0.4, -0.2) is 5.78 Å². The van der Waals surface area contributed by atoms with Crippen molar-refractivity contribution in [3.05, 3.63) is 11.1 Å². The van der Waals surface area contributed by atoms with Gasteiger partial charge in [0.2, 0.25) is 0 Å². The smallest absolute Gasteiger partial charge is 0.136 e. The third-order valence-corrected chi connectivity index (χ3v) is 5.51. The molecule has 2 aliphatic carbocycles. The predicted octanol–water partition coefficient (Wildman–Crippen LogP) is 4.52. The van der Waals surface area contributed by atoms with Gasteiger partial charge in [0.05, 0.1) is 0 Å². The SMILES string of the molecule is CC(=O)[C@]1(C)CC2=C(CCCC2(C)C)C[C@@H]1C. The number of rotatable bonds is 1. The highest BCUT2D eigenvalue weighted by molar-refractivity contribution is 5.83. The van der Waals surface area contributed by atoms with E-state index in [1.54, 1.807) is 18.1 Å². The second-order valence-electron chi connectivity index (χ2n) is 7.08. The summed E-state index contributed by atoms with van der Waals surface area (Å²) in [7, 11) is 0. The first-order valence-corrected chi connectivity index (χ1v) is 7.00. The monoisotopic (exact) mass is 234 g/mol. The molecule has 0 aliphatic heterocycles. The zero-order chi connectivity index (χ0) is 12.8. The fraction of sp³-hybridized carbons (Fsp3) is 0.812. The molecule has 0 aromatic carbocycles. The first kappa shape index (κ1) is 12.9. The van der Waals surface area contributed by atoms with Gasteiger partial charge < -0.3 is 0 Å². The van der Waals surface area contributed by atoms with Crippen LogP contribution < -0.4 is 0 Å². The molecule has 0 amide bonds. The van der Waals surface area contributed by atoms with E-state index in [0.717, 1.165) is 12.8 Å². The molecule has 2 atom stereocenters. The second-order valence-corrected chi connectivity index (χ2v) is 7.08. The van der Waals surface area contributed by atoms with E-state index in [4.69, 9.17) is 0 Å². The summed E-state index contributed by atoms with van der Waals surface area (Å²) in [6, 6.07) is 0. The van der Waals surface area contributed by atoms with E-state index in [1.807, 2.05) is 0 Å². The summed E-state index contributed by atoms with van der Waals surface area (Å²) in [6.07, 6.45) is 6.04. The predicted molar refractivity (Wildman–Crippen MR) is 71.8 cm³/mol. The van der Waals surface area contributed by atoms with Gasteiger partial charge in [-0.1, -0.05) is 38.8 Å². The minimum atomic E-state index is -0.118. The molecule has 0 aromatic heterocycles. The number of ketones is 1. The Labute approximate surface area is 106 Å². The second kappa shape index (κ2) is 3.96. The van der Waals surface area contributed by atoms with E-state index < -0.39 is 0 Å². The molecule has 0 N–H and O–H groups in total. The molecule has 0 fully saturated rings. The lowest BCUT2D eigenvalue weighted by molar-refractivity contribution is -0.128. The summed E-state index contributed by atoms with van der Waals surface area (Å²) < 4.78 is 0. The summed E-state index contributed by atoms with van der Waals surface area (Å²) in [6.45, 7) is 10.9. The standard InChI is InChI=1S/C16H26O/c1-11-9-13-7-6-8-15(3,4)14(13)10-16(11,5)12(2)17/h11H,6-10H2,1-5H3/t11-,16+/m0/s1. The molecule has 0 radical (unpaired) electrons. The summed E-state index contributed by atoms with van der Waals surface area (Å²) in [5.74, 6) is 0.880. The number of hydrogen-bond donors (Lipinski definition) is 0. The maximum Gasteiger partial charge on any atom is 0.136 e. The van der Waals surface area contributed by atoms with Gasteiger partial charge in [0.1, 0.15) is 5.78 Å². The Kier molecular flexibility index (Phi) is 3.00. The highest BCUT2D eigenvalue weighted by Gasteiger charge is 2.45. The molecule has 0 heterocycles. The zero-order valence-corrected chi connectivity index (χ0v) is 12.0. The van der Waals surface area contributed by atoms with Crippen LogP contribution in [0.1, 0.15) is 66.7 Å². The average molecular weight is 234 g/mol. The number of carbonyl (C=O) groups excluding carboxylic acids is 1. The molecule has 0 saturated heterocycles. The number of hydrogen-bond acceptors (Lipinski definition) is 1. The molecular weight excluding hydrogens is 208 g/mol. The van der Waals surface area contributed by atoms with Gasteiger partial charge in [-0.05, 0) is 50.4 Å².